The van der Waals surface area contributed by atoms with Crippen molar-refractivity contribution in [2.24, 2.45) is 0 Å². The molecule has 0 aliphatic carbocycles. The van der Waals surface area contributed by atoms with Crippen LogP contribution in [0.2, 0.25) is 0 Å². The lowest BCUT2D eigenvalue weighted by molar-refractivity contribution is 0.0597. The van der Waals surface area contributed by atoms with E-state index in [9.17, 15) is 9.90 Å². The zero-order valence-corrected chi connectivity index (χ0v) is 15.6. The van der Waals surface area contributed by atoms with Gasteiger partial charge in [0.25, 0.3) is 5.91 Å². The van der Waals surface area contributed by atoms with Gasteiger partial charge in [0.2, 0.25) is 0 Å². The highest BCUT2D eigenvalue weighted by molar-refractivity contribution is 6.07. The van der Waals surface area contributed by atoms with E-state index in [1.807, 2.05) is 30.3 Å². The Balaban J connectivity index is 1.93. The molecule has 0 aliphatic heterocycles. The lowest BCUT2D eigenvalue weighted by Gasteiger charge is -2.27. The Kier molecular flexibility index (Phi) is 5.48. The number of furan rings is 1. The van der Waals surface area contributed by atoms with Crippen molar-refractivity contribution in [3.05, 3.63) is 59.9 Å². The van der Waals surface area contributed by atoms with Gasteiger partial charge in [0, 0.05) is 12.5 Å². The van der Waals surface area contributed by atoms with Crippen LogP contribution >= 0.6 is 0 Å². The predicted molar refractivity (Wildman–Crippen MR) is 102 cm³/mol. The first-order valence-corrected chi connectivity index (χ1v) is 8.64. The van der Waals surface area contributed by atoms with Crippen LogP contribution in [0.5, 0.6) is 11.5 Å². The van der Waals surface area contributed by atoms with Gasteiger partial charge in [-0.05, 0) is 44.2 Å². The minimum absolute atomic E-state index is 0.187. The van der Waals surface area contributed by atoms with E-state index in [1.165, 1.54) is 7.11 Å². The first kappa shape index (κ1) is 18.9. The standard InChI is InChI=1S/C21H23NO5/c1-14-19(20(24)22-21(2,12-23)13-25-3)17-11-16(9-10-18(17)26-14)27-15-7-5-4-6-8-15/h4-11,23H,12-13H2,1-3H3,(H,22,24). The molecule has 1 atom stereocenters. The maximum Gasteiger partial charge on any atom is 0.256 e. The third kappa shape index (κ3) is 4.13. The number of aliphatic hydroxyl groups is 1. The minimum atomic E-state index is -0.889. The number of aryl methyl sites for hydroxylation is 1. The monoisotopic (exact) mass is 369 g/mol. The van der Waals surface area contributed by atoms with Crippen molar-refractivity contribution < 1.29 is 23.8 Å². The highest BCUT2D eigenvalue weighted by atomic mass is 16.5. The molecule has 6 nitrogen and oxygen atoms in total. The van der Waals surface area contributed by atoms with Gasteiger partial charge in [-0.2, -0.15) is 0 Å². The molecule has 1 aromatic heterocycles. The van der Waals surface area contributed by atoms with E-state index < -0.39 is 5.54 Å². The third-order valence-electron chi connectivity index (χ3n) is 4.27. The van der Waals surface area contributed by atoms with Crippen LogP contribution in [-0.4, -0.2) is 36.9 Å². The number of methoxy groups -OCH3 is 1. The highest BCUT2D eigenvalue weighted by Gasteiger charge is 2.29. The number of rotatable bonds is 7. The topological polar surface area (TPSA) is 80.9 Å². The van der Waals surface area contributed by atoms with Crippen LogP contribution in [0.1, 0.15) is 23.0 Å². The first-order chi connectivity index (χ1) is 13.0. The molecule has 0 fully saturated rings. The maximum atomic E-state index is 12.9. The number of ether oxygens (including phenoxy) is 2. The molecule has 0 saturated heterocycles. The van der Waals surface area contributed by atoms with Crippen LogP contribution in [0.15, 0.2) is 52.9 Å². The smallest absolute Gasteiger partial charge is 0.256 e. The van der Waals surface area contributed by atoms with E-state index in [0.29, 0.717) is 33.8 Å². The molecule has 0 radical (unpaired) electrons. The zero-order chi connectivity index (χ0) is 19.4. The number of benzene rings is 2. The summed E-state index contributed by atoms with van der Waals surface area (Å²) in [6.45, 7) is 3.39. The van der Waals surface area contributed by atoms with Crippen molar-refractivity contribution >= 4 is 16.9 Å². The van der Waals surface area contributed by atoms with Gasteiger partial charge in [0.05, 0.1) is 24.3 Å². The van der Waals surface area contributed by atoms with Gasteiger partial charge in [0.1, 0.15) is 22.8 Å². The van der Waals surface area contributed by atoms with Crippen molar-refractivity contribution in [1.29, 1.82) is 0 Å². The Bertz CT molecular complexity index is 934. The molecule has 1 unspecified atom stereocenters. The van der Waals surface area contributed by atoms with Crippen LogP contribution < -0.4 is 10.1 Å². The number of amides is 1. The molecule has 0 saturated carbocycles. The molecule has 2 aromatic carbocycles. The Morgan fingerprint density at radius 2 is 1.93 bits per heavy atom. The summed E-state index contributed by atoms with van der Waals surface area (Å²) in [4.78, 5) is 12.9. The van der Waals surface area contributed by atoms with Crippen LogP contribution in [-0.2, 0) is 4.74 Å². The third-order valence-corrected chi connectivity index (χ3v) is 4.27. The summed E-state index contributed by atoms with van der Waals surface area (Å²) in [7, 11) is 1.52. The van der Waals surface area contributed by atoms with Crippen molar-refractivity contribution in [2.75, 3.05) is 20.3 Å². The number of aliphatic hydroxyl groups excluding tert-OH is 1. The Labute approximate surface area is 157 Å². The van der Waals surface area contributed by atoms with Gasteiger partial charge in [-0.25, -0.2) is 0 Å². The maximum absolute atomic E-state index is 12.9. The number of carbonyl (C=O) groups excluding carboxylic acids is 1. The molecule has 3 rings (SSSR count). The molecule has 2 N–H and O–H groups in total. The fraction of sp³-hybridized carbons (Fsp3) is 0.286. The van der Waals surface area contributed by atoms with Gasteiger partial charge in [0.15, 0.2) is 0 Å². The van der Waals surface area contributed by atoms with Crippen LogP contribution in [0.4, 0.5) is 0 Å². The molecule has 6 heteroatoms. The largest absolute Gasteiger partial charge is 0.461 e. The minimum Gasteiger partial charge on any atom is -0.461 e. The number of para-hydroxylation sites is 1. The summed E-state index contributed by atoms with van der Waals surface area (Å²) in [5.74, 6) is 1.47. The van der Waals surface area contributed by atoms with Crippen LogP contribution in [0, 0.1) is 6.92 Å². The second kappa shape index (κ2) is 7.82. The van der Waals surface area contributed by atoms with Gasteiger partial charge in [-0.1, -0.05) is 18.2 Å². The van der Waals surface area contributed by atoms with Crippen molar-refractivity contribution in [2.45, 2.75) is 19.4 Å². The molecular weight excluding hydrogens is 346 g/mol. The molecule has 1 amide bonds. The number of fused-ring (bicyclic) bond motifs is 1. The average Bonchev–Trinajstić information content (AvgIpc) is 2.98. The fourth-order valence-corrected chi connectivity index (χ4v) is 2.95. The lowest BCUT2D eigenvalue weighted by Crippen LogP contribution is -2.52. The summed E-state index contributed by atoms with van der Waals surface area (Å²) in [6.07, 6.45) is 0. The average molecular weight is 369 g/mol. The van der Waals surface area contributed by atoms with Crippen molar-refractivity contribution in [3.63, 3.8) is 0 Å². The molecule has 1 heterocycles. The van der Waals surface area contributed by atoms with Gasteiger partial charge in [-0.15, -0.1) is 0 Å². The SMILES string of the molecule is COCC(C)(CO)NC(=O)c1c(C)oc2ccc(Oc3ccccc3)cc12. The van der Waals surface area contributed by atoms with E-state index in [4.69, 9.17) is 13.9 Å². The molecule has 0 spiro atoms. The lowest BCUT2D eigenvalue weighted by atomic mass is 10.0. The number of nitrogens with one attached hydrogen (secondary N) is 1. The summed E-state index contributed by atoms with van der Waals surface area (Å²) in [5, 5.41) is 13.1. The van der Waals surface area contributed by atoms with Crippen LogP contribution in [0.25, 0.3) is 11.0 Å². The number of carbonyl (C=O) groups is 1. The molecule has 0 bridgehead atoms. The van der Waals surface area contributed by atoms with E-state index in [2.05, 4.69) is 5.32 Å². The molecule has 27 heavy (non-hydrogen) atoms. The highest BCUT2D eigenvalue weighted by Crippen LogP contribution is 2.31. The predicted octanol–water partition coefficient (Wildman–Crippen LogP) is 3.66. The molecule has 142 valence electrons. The molecule has 0 aliphatic rings. The second-order valence-corrected chi connectivity index (χ2v) is 6.71. The van der Waals surface area contributed by atoms with Gasteiger partial charge >= 0.3 is 0 Å². The first-order valence-electron chi connectivity index (χ1n) is 8.64. The van der Waals surface area contributed by atoms with E-state index in [0.717, 1.165) is 0 Å². The van der Waals surface area contributed by atoms with Gasteiger partial charge < -0.3 is 24.3 Å². The molecular formula is C21H23NO5. The Hall–Kier alpha value is -2.83. The van der Waals surface area contributed by atoms with Crippen molar-refractivity contribution in [3.8, 4) is 11.5 Å². The van der Waals surface area contributed by atoms with E-state index in [-0.39, 0.29) is 19.1 Å². The summed E-state index contributed by atoms with van der Waals surface area (Å²) in [6, 6.07) is 14.8. The van der Waals surface area contributed by atoms with E-state index >= 15 is 0 Å². The Morgan fingerprint density at radius 1 is 1.19 bits per heavy atom. The normalized spacial score (nSPS) is 13.3. The van der Waals surface area contributed by atoms with Crippen LogP contribution in [0.3, 0.4) is 0 Å². The summed E-state index contributed by atoms with van der Waals surface area (Å²) < 4.78 is 16.7. The molecule has 3 aromatic rings. The number of hydrogen-bond acceptors (Lipinski definition) is 5. The summed E-state index contributed by atoms with van der Waals surface area (Å²) in [5.41, 5.74) is 0.120. The summed E-state index contributed by atoms with van der Waals surface area (Å²) >= 11 is 0. The van der Waals surface area contributed by atoms with Crippen molar-refractivity contribution in [1.82, 2.24) is 5.32 Å². The number of hydrogen-bond donors (Lipinski definition) is 2. The van der Waals surface area contributed by atoms with Gasteiger partial charge in [-0.3, -0.25) is 4.79 Å². The fourth-order valence-electron chi connectivity index (χ4n) is 2.95. The second-order valence-electron chi connectivity index (χ2n) is 6.71. The zero-order valence-electron chi connectivity index (χ0n) is 15.6. The van der Waals surface area contributed by atoms with E-state index in [1.54, 1.807) is 32.0 Å². The Morgan fingerprint density at radius 3 is 2.59 bits per heavy atom. The quantitative estimate of drug-likeness (QED) is 0.664.